The van der Waals surface area contributed by atoms with Crippen molar-refractivity contribution in [2.45, 2.75) is 26.7 Å². The summed E-state index contributed by atoms with van der Waals surface area (Å²) in [7, 11) is 0. The van der Waals surface area contributed by atoms with E-state index in [4.69, 9.17) is 11.7 Å². The lowest BCUT2D eigenvalue weighted by Gasteiger charge is -2.26. The average molecular weight is 204 g/mol. The van der Waals surface area contributed by atoms with Crippen molar-refractivity contribution in [2.75, 3.05) is 13.1 Å². The van der Waals surface area contributed by atoms with Crippen LogP contribution >= 0.6 is 0 Å². The van der Waals surface area contributed by atoms with Gasteiger partial charge in [0, 0.05) is 6.54 Å². The van der Waals surface area contributed by atoms with Crippen LogP contribution in [0.1, 0.15) is 26.7 Å². The summed E-state index contributed by atoms with van der Waals surface area (Å²) >= 11 is 0. The van der Waals surface area contributed by atoms with E-state index in [2.05, 4.69) is 5.92 Å². The van der Waals surface area contributed by atoms with Crippen LogP contribution in [0.5, 0.6) is 0 Å². The second-order valence-electron chi connectivity index (χ2n) is 4.57. The smallest absolute Gasteiger partial charge is 0.243 e. The Morgan fingerprint density at radius 2 is 2.20 bits per heavy atom. The molecule has 0 atom stereocenters. The van der Waals surface area contributed by atoms with Gasteiger partial charge in [-0.1, -0.05) is 5.92 Å². The van der Waals surface area contributed by atoms with Gasteiger partial charge in [0.15, 0.2) is 0 Å². The zero-order chi connectivity index (χ0) is 11.5. The van der Waals surface area contributed by atoms with Crippen molar-refractivity contribution in [3.8, 4) is 18.4 Å². The van der Waals surface area contributed by atoms with Crippen LogP contribution in [0.4, 0.5) is 0 Å². The fraction of sp³-hybridized carbons (Fsp3) is 0.667. The van der Waals surface area contributed by atoms with Gasteiger partial charge in [0.25, 0.3) is 0 Å². The van der Waals surface area contributed by atoms with Crippen LogP contribution in [-0.4, -0.2) is 23.9 Å². The molecule has 0 radical (unpaired) electrons. The minimum Gasteiger partial charge on any atom is -0.330 e. The van der Waals surface area contributed by atoms with E-state index in [0.717, 1.165) is 0 Å². The van der Waals surface area contributed by atoms with Gasteiger partial charge in [0.05, 0.1) is 12.6 Å². The predicted molar refractivity (Wildman–Crippen MR) is 57.5 cm³/mol. The van der Waals surface area contributed by atoms with E-state index in [1.165, 1.54) is 12.8 Å². The summed E-state index contributed by atoms with van der Waals surface area (Å²) in [6.45, 7) is 4.27. The van der Waals surface area contributed by atoms with Gasteiger partial charge in [-0.3, -0.25) is 4.79 Å². The Labute approximate surface area is 91.1 Å². The second-order valence-corrected chi connectivity index (χ2v) is 4.57. The summed E-state index contributed by atoms with van der Waals surface area (Å²) in [5.74, 6) is 2.91. The largest absolute Gasteiger partial charge is 0.330 e. The Hall–Kier alpha value is -1.48. The standard InChI is InChI=1S/C12H16N2O/c1-4-7-14(8-10-5-6-10)11(15)12(2,3)9-13/h1,10H,5-8H2,2-3H3. The van der Waals surface area contributed by atoms with Gasteiger partial charge >= 0.3 is 0 Å². The third-order valence-corrected chi connectivity index (χ3v) is 2.56. The number of carbonyl (C=O) groups is 1. The molecular weight excluding hydrogens is 188 g/mol. The minimum atomic E-state index is -0.967. The maximum absolute atomic E-state index is 12.0. The van der Waals surface area contributed by atoms with E-state index >= 15 is 0 Å². The monoisotopic (exact) mass is 204 g/mol. The molecule has 3 nitrogen and oxygen atoms in total. The highest BCUT2D eigenvalue weighted by Crippen LogP contribution is 2.31. The van der Waals surface area contributed by atoms with Crippen LogP contribution in [0.25, 0.3) is 0 Å². The molecule has 1 aliphatic rings. The summed E-state index contributed by atoms with van der Waals surface area (Å²) in [4.78, 5) is 13.6. The molecule has 0 heterocycles. The maximum atomic E-state index is 12.0. The van der Waals surface area contributed by atoms with Crippen LogP contribution in [0.3, 0.4) is 0 Å². The van der Waals surface area contributed by atoms with E-state index < -0.39 is 5.41 Å². The summed E-state index contributed by atoms with van der Waals surface area (Å²) in [6.07, 6.45) is 7.56. The summed E-state index contributed by atoms with van der Waals surface area (Å²) in [5, 5.41) is 8.88. The Balaban J connectivity index is 2.66. The molecule has 0 spiro atoms. The zero-order valence-electron chi connectivity index (χ0n) is 9.29. The minimum absolute atomic E-state index is 0.158. The number of amides is 1. The Kier molecular flexibility index (Phi) is 3.37. The van der Waals surface area contributed by atoms with Gasteiger partial charge in [-0.15, -0.1) is 6.42 Å². The second kappa shape index (κ2) is 4.36. The molecule has 0 unspecified atom stereocenters. The summed E-state index contributed by atoms with van der Waals surface area (Å²) in [6, 6.07) is 2.01. The molecule has 0 saturated heterocycles. The van der Waals surface area contributed by atoms with Gasteiger partial charge in [0.1, 0.15) is 5.41 Å². The molecule has 3 heteroatoms. The lowest BCUT2D eigenvalue weighted by atomic mass is 9.93. The fourth-order valence-electron chi connectivity index (χ4n) is 1.38. The van der Waals surface area contributed by atoms with Crippen LogP contribution in [0.15, 0.2) is 0 Å². The van der Waals surface area contributed by atoms with E-state index in [1.807, 2.05) is 6.07 Å². The normalized spacial score (nSPS) is 15.2. The molecule has 0 N–H and O–H groups in total. The van der Waals surface area contributed by atoms with E-state index in [1.54, 1.807) is 18.7 Å². The topological polar surface area (TPSA) is 44.1 Å². The van der Waals surface area contributed by atoms with Crippen molar-refractivity contribution < 1.29 is 4.79 Å². The molecule has 1 aliphatic carbocycles. The van der Waals surface area contributed by atoms with Crippen molar-refractivity contribution in [1.82, 2.24) is 4.90 Å². The number of hydrogen-bond acceptors (Lipinski definition) is 2. The number of terminal acetylenes is 1. The predicted octanol–water partition coefficient (Wildman–Crippen LogP) is 1.41. The van der Waals surface area contributed by atoms with Crippen molar-refractivity contribution in [2.24, 2.45) is 11.3 Å². The van der Waals surface area contributed by atoms with E-state index in [9.17, 15) is 4.79 Å². The SMILES string of the molecule is C#CCN(CC1CC1)C(=O)C(C)(C)C#N. The van der Waals surface area contributed by atoms with Crippen molar-refractivity contribution in [3.63, 3.8) is 0 Å². The van der Waals surface area contributed by atoms with Crippen LogP contribution in [0.2, 0.25) is 0 Å². The molecule has 1 amide bonds. The van der Waals surface area contributed by atoms with Crippen molar-refractivity contribution >= 4 is 5.91 Å². The van der Waals surface area contributed by atoms with Crippen LogP contribution in [0, 0.1) is 35.0 Å². The lowest BCUT2D eigenvalue weighted by Crippen LogP contribution is -2.41. The van der Waals surface area contributed by atoms with Crippen LogP contribution in [-0.2, 0) is 4.79 Å². The molecule has 0 aromatic rings. The third-order valence-electron chi connectivity index (χ3n) is 2.56. The maximum Gasteiger partial charge on any atom is 0.243 e. The molecule has 1 rings (SSSR count). The molecule has 0 aromatic carbocycles. The molecule has 0 aromatic heterocycles. The molecule has 1 fully saturated rings. The third kappa shape index (κ3) is 2.99. The zero-order valence-corrected chi connectivity index (χ0v) is 9.29. The quantitative estimate of drug-likeness (QED) is 0.650. The molecular formula is C12H16N2O. The first-order valence-corrected chi connectivity index (χ1v) is 5.15. The molecule has 1 saturated carbocycles. The first-order chi connectivity index (χ1) is 7.01. The molecule has 15 heavy (non-hydrogen) atoms. The first kappa shape index (κ1) is 11.6. The number of rotatable bonds is 4. The molecule has 80 valence electrons. The number of nitrogens with zero attached hydrogens (tertiary/aromatic N) is 2. The highest BCUT2D eigenvalue weighted by Gasteiger charge is 2.34. The van der Waals surface area contributed by atoms with Gasteiger partial charge < -0.3 is 4.90 Å². The van der Waals surface area contributed by atoms with Crippen LogP contribution < -0.4 is 0 Å². The number of carbonyl (C=O) groups excluding carboxylic acids is 1. The van der Waals surface area contributed by atoms with Crippen molar-refractivity contribution in [3.05, 3.63) is 0 Å². The Morgan fingerprint density at radius 3 is 2.60 bits per heavy atom. The summed E-state index contributed by atoms with van der Waals surface area (Å²) < 4.78 is 0. The molecule has 0 bridgehead atoms. The lowest BCUT2D eigenvalue weighted by molar-refractivity contribution is -0.137. The Bertz CT molecular complexity index is 329. The highest BCUT2D eigenvalue weighted by molar-refractivity contribution is 5.84. The van der Waals surface area contributed by atoms with Crippen molar-refractivity contribution in [1.29, 1.82) is 5.26 Å². The number of hydrogen-bond donors (Lipinski definition) is 0. The Morgan fingerprint density at radius 1 is 1.60 bits per heavy atom. The number of nitriles is 1. The first-order valence-electron chi connectivity index (χ1n) is 5.15. The summed E-state index contributed by atoms with van der Waals surface area (Å²) in [5.41, 5.74) is -0.967. The fourth-order valence-corrected chi connectivity index (χ4v) is 1.38. The van der Waals surface area contributed by atoms with Gasteiger partial charge in [-0.2, -0.15) is 5.26 Å². The van der Waals surface area contributed by atoms with Gasteiger partial charge in [0.2, 0.25) is 5.91 Å². The molecule has 0 aliphatic heterocycles. The average Bonchev–Trinajstić information content (AvgIpc) is 3.00. The highest BCUT2D eigenvalue weighted by atomic mass is 16.2. The van der Waals surface area contributed by atoms with E-state index in [-0.39, 0.29) is 5.91 Å². The van der Waals surface area contributed by atoms with E-state index in [0.29, 0.717) is 19.0 Å². The van der Waals surface area contributed by atoms with Gasteiger partial charge in [-0.25, -0.2) is 0 Å². The van der Waals surface area contributed by atoms with Gasteiger partial charge in [-0.05, 0) is 32.6 Å².